The monoisotopic (exact) mass is 394 g/mol. The van der Waals surface area contributed by atoms with Crippen LogP contribution in [-0.4, -0.2) is 45.8 Å². The van der Waals surface area contributed by atoms with Gasteiger partial charge in [-0.2, -0.15) is 0 Å². The Morgan fingerprint density at radius 1 is 1.04 bits per heavy atom. The third-order valence-corrected chi connectivity index (χ3v) is 6.17. The Kier molecular flexibility index (Phi) is 8.50. The molecule has 3 rings (SSSR count). The van der Waals surface area contributed by atoms with Crippen molar-refractivity contribution in [3.63, 3.8) is 0 Å². The Morgan fingerprint density at radius 3 is 2.08 bits per heavy atom. The van der Waals surface area contributed by atoms with Gasteiger partial charge in [-0.05, 0) is 36.5 Å². The van der Waals surface area contributed by atoms with E-state index in [0.717, 1.165) is 26.2 Å². The summed E-state index contributed by atoms with van der Waals surface area (Å²) >= 11 is 0. The lowest BCUT2D eigenvalue weighted by atomic mass is 9.90. The van der Waals surface area contributed by atoms with Crippen LogP contribution >= 0.6 is 24.8 Å². The van der Waals surface area contributed by atoms with Gasteiger partial charge in [-0.25, -0.2) is 8.42 Å². The van der Waals surface area contributed by atoms with Crippen molar-refractivity contribution >= 4 is 34.7 Å². The largest absolute Gasteiger partial charge is 0.314 e. The number of hydrogen-bond acceptors (Lipinski definition) is 4. The van der Waals surface area contributed by atoms with E-state index in [1.165, 1.54) is 37.5 Å². The Balaban J connectivity index is 0.00000144. The van der Waals surface area contributed by atoms with Gasteiger partial charge >= 0.3 is 0 Å². The van der Waals surface area contributed by atoms with Crippen molar-refractivity contribution in [3.05, 3.63) is 29.8 Å². The molecule has 0 radical (unpaired) electrons. The number of nitrogens with zero attached hydrogens (tertiary/aromatic N) is 1. The van der Waals surface area contributed by atoms with Gasteiger partial charge in [0.15, 0.2) is 9.84 Å². The topological polar surface area (TPSA) is 49.4 Å². The average molecular weight is 395 g/mol. The molecule has 1 heterocycles. The van der Waals surface area contributed by atoms with Crippen LogP contribution in [0.1, 0.15) is 37.3 Å². The molecule has 24 heavy (non-hydrogen) atoms. The number of rotatable bonds is 4. The fourth-order valence-electron chi connectivity index (χ4n) is 3.93. The smallest absolute Gasteiger partial charge is 0.175 e. The van der Waals surface area contributed by atoms with Gasteiger partial charge in [0.2, 0.25) is 0 Å². The third-order valence-electron chi connectivity index (χ3n) is 5.04. The third kappa shape index (κ3) is 5.09. The minimum atomic E-state index is -3.11. The van der Waals surface area contributed by atoms with E-state index in [1.807, 2.05) is 12.1 Å². The molecule has 1 aromatic carbocycles. The van der Waals surface area contributed by atoms with Crippen LogP contribution in [-0.2, 0) is 9.84 Å². The Labute approximate surface area is 158 Å². The van der Waals surface area contributed by atoms with Crippen LogP contribution in [0.2, 0.25) is 0 Å². The van der Waals surface area contributed by atoms with Crippen LogP contribution < -0.4 is 5.32 Å². The molecule has 1 aliphatic heterocycles. The minimum absolute atomic E-state index is 0. The van der Waals surface area contributed by atoms with E-state index >= 15 is 0 Å². The lowest BCUT2D eigenvalue weighted by Crippen LogP contribution is -2.46. The Hall–Kier alpha value is -0.330. The average Bonchev–Trinajstić information content (AvgIpc) is 3.02. The molecule has 1 N–H and O–H groups in total. The van der Waals surface area contributed by atoms with Crippen molar-refractivity contribution in [1.82, 2.24) is 10.2 Å². The van der Waals surface area contributed by atoms with Crippen LogP contribution in [0.15, 0.2) is 29.2 Å². The molecule has 1 aliphatic carbocycles. The fourth-order valence-corrected chi connectivity index (χ4v) is 4.56. The predicted molar refractivity (Wildman–Crippen MR) is 103 cm³/mol. The first-order valence-electron chi connectivity index (χ1n) is 8.30. The molecule has 2 aliphatic rings. The number of nitrogens with one attached hydrogen (secondary N) is 1. The molecule has 0 bridgehead atoms. The second-order valence-electron chi connectivity index (χ2n) is 6.62. The highest BCUT2D eigenvalue weighted by atomic mass is 35.5. The maximum atomic E-state index is 11.7. The zero-order valence-corrected chi connectivity index (χ0v) is 16.6. The number of sulfone groups is 1. The highest BCUT2D eigenvalue weighted by molar-refractivity contribution is 7.90. The molecule has 0 amide bonds. The summed E-state index contributed by atoms with van der Waals surface area (Å²) in [6, 6.07) is 8.05. The molecule has 138 valence electrons. The van der Waals surface area contributed by atoms with E-state index in [4.69, 9.17) is 0 Å². The first-order valence-corrected chi connectivity index (χ1v) is 10.2. The summed E-state index contributed by atoms with van der Waals surface area (Å²) in [5, 5.41) is 3.42. The number of hydrogen-bond donors (Lipinski definition) is 1. The highest BCUT2D eigenvalue weighted by Gasteiger charge is 2.31. The van der Waals surface area contributed by atoms with Crippen molar-refractivity contribution in [3.8, 4) is 0 Å². The summed E-state index contributed by atoms with van der Waals surface area (Å²) in [5.41, 5.74) is 1.28. The lowest BCUT2D eigenvalue weighted by molar-refractivity contribution is 0.125. The van der Waals surface area contributed by atoms with Crippen molar-refractivity contribution in [2.24, 2.45) is 5.92 Å². The number of piperazine rings is 1. The second kappa shape index (κ2) is 9.39. The van der Waals surface area contributed by atoms with E-state index in [-0.39, 0.29) is 24.8 Å². The van der Waals surface area contributed by atoms with E-state index in [2.05, 4.69) is 10.2 Å². The van der Waals surface area contributed by atoms with Gasteiger partial charge in [0.05, 0.1) is 4.90 Å². The molecule has 0 aromatic heterocycles. The Morgan fingerprint density at radius 2 is 1.58 bits per heavy atom. The normalized spacial score (nSPS) is 20.9. The number of benzene rings is 1. The molecule has 7 heteroatoms. The van der Waals surface area contributed by atoms with Crippen molar-refractivity contribution in [1.29, 1.82) is 0 Å². The molecule has 2 fully saturated rings. The maximum absolute atomic E-state index is 11.7. The van der Waals surface area contributed by atoms with Gasteiger partial charge < -0.3 is 5.32 Å². The quantitative estimate of drug-likeness (QED) is 0.852. The standard InChI is InChI=1S/C17H26N2O2S.2ClH/c1-22(20,21)16-8-6-15(7-9-16)17(14-4-2-3-5-14)19-12-10-18-11-13-19;;/h6-9,14,17-18H,2-5,10-13H2,1H3;2*1H/t17-;;/m0../s1. The molecule has 1 atom stereocenters. The van der Waals surface area contributed by atoms with Crippen LogP contribution in [0.5, 0.6) is 0 Å². The first kappa shape index (κ1) is 21.7. The molecular formula is C17H28Cl2N2O2S. The summed E-state index contributed by atoms with van der Waals surface area (Å²) in [7, 11) is -3.11. The minimum Gasteiger partial charge on any atom is -0.314 e. The zero-order valence-electron chi connectivity index (χ0n) is 14.1. The summed E-state index contributed by atoms with van der Waals surface area (Å²) < 4.78 is 23.3. The van der Waals surface area contributed by atoms with E-state index in [0.29, 0.717) is 16.9 Å². The van der Waals surface area contributed by atoms with Gasteiger partial charge in [0.1, 0.15) is 0 Å². The summed E-state index contributed by atoms with van der Waals surface area (Å²) in [5.74, 6) is 0.710. The molecule has 0 unspecified atom stereocenters. The van der Waals surface area contributed by atoms with Crippen molar-refractivity contribution in [2.75, 3.05) is 32.4 Å². The summed E-state index contributed by atoms with van der Waals surface area (Å²) in [4.78, 5) is 3.00. The van der Waals surface area contributed by atoms with Crippen LogP contribution in [0.25, 0.3) is 0 Å². The van der Waals surface area contributed by atoms with Crippen molar-refractivity contribution < 1.29 is 8.42 Å². The van der Waals surface area contributed by atoms with Crippen LogP contribution in [0.4, 0.5) is 0 Å². The van der Waals surface area contributed by atoms with Crippen LogP contribution in [0.3, 0.4) is 0 Å². The van der Waals surface area contributed by atoms with Crippen LogP contribution in [0, 0.1) is 5.92 Å². The molecule has 4 nitrogen and oxygen atoms in total. The van der Waals surface area contributed by atoms with Gasteiger partial charge in [-0.15, -0.1) is 24.8 Å². The fraction of sp³-hybridized carbons (Fsp3) is 0.647. The molecule has 0 spiro atoms. The van der Waals surface area contributed by atoms with Gasteiger partial charge in [-0.1, -0.05) is 25.0 Å². The predicted octanol–water partition coefficient (Wildman–Crippen LogP) is 3.07. The van der Waals surface area contributed by atoms with Gasteiger partial charge in [-0.3, -0.25) is 4.90 Å². The molecular weight excluding hydrogens is 367 g/mol. The summed E-state index contributed by atoms with van der Waals surface area (Å²) in [6.07, 6.45) is 6.51. The summed E-state index contributed by atoms with van der Waals surface area (Å²) in [6.45, 7) is 4.25. The van der Waals surface area contributed by atoms with E-state index < -0.39 is 9.84 Å². The van der Waals surface area contributed by atoms with Gasteiger partial charge in [0.25, 0.3) is 0 Å². The van der Waals surface area contributed by atoms with E-state index in [9.17, 15) is 8.42 Å². The molecule has 1 aromatic rings. The SMILES string of the molecule is CS(=O)(=O)c1ccc([C@H](C2CCCC2)N2CCNCC2)cc1.Cl.Cl. The maximum Gasteiger partial charge on any atom is 0.175 e. The van der Waals surface area contributed by atoms with Crippen molar-refractivity contribution in [2.45, 2.75) is 36.6 Å². The number of halogens is 2. The second-order valence-corrected chi connectivity index (χ2v) is 8.63. The Bertz CT molecular complexity index is 596. The van der Waals surface area contributed by atoms with Gasteiger partial charge in [0, 0.05) is 38.5 Å². The first-order chi connectivity index (χ1) is 10.6. The van der Waals surface area contributed by atoms with E-state index in [1.54, 1.807) is 12.1 Å². The lowest BCUT2D eigenvalue weighted by Gasteiger charge is -2.38. The zero-order chi connectivity index (χ0) is 15.6. The molecule has 1 saturated carbocycles. The highest BCUT2D eigenvalue weighted by Crippen LogP contribution is 2.39. The molecule has 1 saturated heterocycles.